The van der Waals surface area contributed by atoms with Gasteiger partial charge in [-0.3, -0.25) is 4.79 Å². The summed E-state index contributed by atoms with van der Waals surface area (Å²) >= 11 is 0. The zero-order valence-electron chi connectivity index (χ0n) is 9.55. The molecule has 0 radical (unpaired) electrons. The highest BCUT2D eigenvalue weighted by Gasteiger charge is 2.45. The quantitative estimate of drug-likeness (QED) is 0.674. The number of carbonyl (C=O) groups is 1. The molecule has 0 aromatic heterocycles. The van der Waals surface area contributed by atoms with Crippen LogP contribution in [0.25, 0.3) is 0 Å². The van der Waals surface area contributed by atoms with E-state index in [0.29, 0.717) is 13.0 Å². The summed E-state index contributed by atoms with van der Waals surface area (Å²) in [6.07, 6.45) is 2.41. The number of hydrogen-bond donors (Lipinski definition) is 0. The van der Waals surface area contributed by atoms with E-state index in [2.05, 4.69) is 19.6 Å². The van der Waals surface area contributed by atoms with Crippen molar-refractivity contribution in [1.29, 1.82) is 0 Å². The minimum atomic E-state index is -1.67. The topological polar surface area (TPSA) is 35.5 Å². The molecule has 0 aromatic carbocycles. The predicted molar refractivity (Wildman–Crippen MR) is 57.9 cm³/mol. The van der Waals surface area contributed by atoms with Crippen LogP contribution in [0.15, 0.2) is 0 Å². The Morgan fingerprint density at radius 1 is 1.43 bits per heavy atom. The molecule has 1 aliphatic carbocycles. The SMILES string of the molecule is COCC1(O[Si](C)(C)C)CCCC1=O. The third-order valence-corrected chi connectivity index (χ3v) is 3.37. The second-order valence-electron chi connectivity index (χ2n) is 4.92. The fourth-order valence-corrected chi connectivity index (χ4v) is 3.46. The zero-order valence-corrected chi connectivity index (χ0v) is 10.6. The predicted octanol–water partition coefficient (Wildman–Crippen LogP) is 1.98. The number of ether oxygens (including phenoxy) is 1. The first-order valence-corrected chi connectivity index (χ1v) is 8.53. The highest BCUT2D eigenvalue weighted by molar-refractivity contribution is 6.70. The Kier molecular flexibility index (Phi) is 3.50. The lowest BCUT2D eigenvalue weighted by Gasteiger charge is -2.34. The van der Waals surface area contributed by atoms with Crippen molar-refractivity contribution in [2.75, 3.05) is 13.7 Å². The fraction of sp³-hybridized carbons (Fsp3) is 0.900. The summed E-state index contributed by atoms with van der Waals surface area (Å²) < 4.78 is 11.1. The van der Waals surface area contributed by atoms with Crippen LogP contribution < -0.4 is 0 Å². The summed E-state index contributed by atoms with van der Waals surface area (Å²) in [4.78, 5) is 11.8. The van der Waals surface area contributed by atoms with Gasteiger partial charge >= 0.3 is 0 Å². The van der Waals surface area contributed by atoms with Gasteiger partial charge in [-0.25, -0.2) is 0 Å². The summed E-state index contributed by atoms with van der Waals surface area (Å²) in [6, 6.07) is 0. The molecule has 0 aliphatic heterocycles. The average Bonchev–Trinajstić information content (AvgIpc) is 2.30. The second kappa shape index (κ2) is 4.12. The van der Waals surface area contributed by atoms with Crippen LogP contribution in [0.3, 0.4) is 0 Å². The van der Waals surface area contributed by atoms with Crippen molar-refractivity contribution in [3.8, 4) is 0 Å². The minimum absolute atomic E-state index is 0.224. The molecule has 14 heavy (non-hydrogen) atoms. The van der Waals surface area contributed by atoms with Gasteiger partial charge in [0.2, 0.25) is 0 Å². The molecule has 3 nitrogen and oxygen atoms in total. The van der Waals surface area contributed by atoms with Crippen LogP contribution in [0.5, 0.6) is 0 Å². The molecule has 1 aliphatic rings. The van der Waals surface area contributed by atoms with Crippen LogP contribution in [0.1, 0.15) is 19.3 Å². The zero-order chi connectivity index (χ0) is 10.8. The summed E-state index contributed by atoms with van der Waals surface area (Å²) in [5.41, 5.74) is -0.612. The van der Waals surface area contributed by atoms with Crippen molar-refractivity contribution in [2.24, 2.45) is 0 Å². The van der Waals surface area contributed by atoms with Crippen molar-refractivity contribution >= 4 is 14.1 Å². The van der Waals surface area contributed by atoms with Crippen LogP contribution in [0, 0.1) is 0 Å². The van der Waals surface area contributed by atoms with E-state index in [1.54, 1.807) is 7.11 Å². The molecular weight excluding hydrogens is 196 g/mol. The molecule has 1 saturated carbocycles. The van der Waals surface area contributed by atoms with Gasteiger partial charge in [0.15, 0.2) is 14.1 Å². The number of rotatable bonds is 4. The molecule has 0 amide bonds. The van der Waals surface area contributed by atoms with Crippen molar-refractivity contribution < 1.29 is 14.0 Å². The first kappa shape index (κ1) is 11.9. The number of methoxy groups -OCH3 is 1. The van der Waals surface area contributed by atoms with Gasteiger partial charge in [-0.05, 0) is 32.5 Å². The molecule has 4 heteroatoms. The van der Waals surface area contributed by atoms with E-state index < -0.39 is 13.9 Å². The van der Waals surface area contributed by atoms with E-state index in [1.807, 2.05) is 0 Å². The van der Waals surface area contributed by atoms with Gasteiger partial charge in [-0.2, -0.15) is 0 Å². The normalized spacial score (nSPS) is 28.4. The lowest BCUT2D eigenvalue weighted by molar-refractivity contribution is -0.136. The highest BCUT2D eigenvalue weighted by atomic mass is 28.4. The molecule has 0 saturated heterocycles. The van der Waals surface area contributed by atoms with E-state index in [4.69, 9.17) is 9.16 Å². The number of Topliss-reactive ketones (excluding diaryl/α,β-unsaturated/α-hetero) is 1. The van der Waals surface area contributed by atoms with Crippen molar-refractivity contribution in [2.45, 2.75) is 44.5 Å². The third kappa shape index (κ3) is 2.65. The Morgan fingerprint density at radius 3 is 2.43 bits per heavy atom. The van der Waals surface area contributed by atoms with Crippen LogP contribution in [-0.4, -0.2) is 33.4 Å². The standard InChI is InChI=1S/C10H20O3Si/c1-12-8-10(13-14(2,3)4)7-5-6-9(10)11/h5-8H2,1-4H3. The number of carbonyl (C=O) groups excluding carboxylic acids is 1. The molecule has 0 heterocycles. The molecule has 1 atom stereocenters. The lowest BCUT2D eigenvalue weighted by Crippen LogP contribution is -2.49. The van der Waals surface area contributed by atoms with Gasteiger partial charge < -0.3 is 9.16 Å². The molecule has 82 valence electrons. The lowest BCUT2D eigenvalue weighted by atomic mass is 10.0. The van der Waals surface area contributed by atoms with Crippen LogP contribution in [0.4, 0.5) is 0 Å². The molecule has 0 aromatic rings. The van der Waals surface area contributed by atoms with Gasteiger partial charge in [0.25, 0.3) is 0 Å². The maximum atomic E-state index is 11.8. The maximum Gasteiger partial charge on any atom is 0.185 e. The Bertz CT molecular complexity index is 222. The Hall–Kier alpha value is -0.193. The summed E-state index contributed by atoms with van der Waals surface area (Å²) in [6.45, 7) is 6.73. The molecule has 0 N–H and O–H groups in total. The van der Waals surface area contributed by atoms with E-state index >= 15 is 0 Å². The van der Waals surface area contributed by atoms with E-state index in [1.165, 1.54) is 0 Å². The first-order chi connectivity index (χ1) is 6.40. The largest absolute Gasteiger partial charge is 0.403 e. The molecule has 0 bridgehead atoms. The third-order valence-electron chi connectivity index (χ3n) is 2.37. The molecule has 1 rings (SSSR count). The summed E-state index contributed by atoms with van der Waals surface area (Å²) in [5.74, 6) is 0.224. The number of ketones is 1. The number of hydrogen-bond acceptors (Lipinski definition) is 3. The van der Waals surface area contributed by atoms with Gasteiger partial charge in [-0.15, -0.1) is 0 Å². The maximum absolute atomic E-state index is 11.8. The van der Waals surface area contributed by atoms with E-state index in [0.717, 1.165) is 12.8 Å². The van der Waals surface area contributed by atoms with Crippen molar-refractivity contribution in [1.82, 2.24) is 0 Å². The Balaban J connectivity index is 2.77. The smallest absolute Gasteiger partial charge is 0.185 e. The highest BCUT2D eigenvalue weighted by Crippen LogP contribution is 2.33. The summed E-state index contributed by atoms with van der Waals surface area (Å²) in [7, 11) is -0.0485. The monoisotopic (exact) mass is 216 g/mol. The van der Waals surface area contributed by atoms with Crippen LogP contribution >= 0.6 is 0 Å². The van der Waals surface area contributed by atoms with Gasteiger partial charge in [-0.1, -0.05) is 0 Å². The molecule has 1 fully saturated rings. The van der Waals surface area contributed by atoms with E-state index in [-0.39, 0.29) is 5.78 Å². The molecular formula is C10H20O3Si. The second-order valence-corrected chi connectivity index (χ2v) is 9.35. The Labute approximate surface area is 86.9 Å². The van der Waals surface area contributed by atoms with Crippen molar-refractivity contribution in [3.63, 3.8) is 0 Å². The summed E-state index contributed by atoms with van der Waals surface area (Å²) in [5, 5.41) is 0. The molecule has 1 unspecified atom stereocenters. The minimum Gasteiger partial charge on any atom is -0.403 e. The van der Waals surface area contributed by atoms with Crippen LogP contribution in [-0.2, 0) is 14.0 Å². The fourth-order valence-electron chi connectivity index (χ4n) is 2.01. The molecule has 0 spiro atoms. The van der Waals surface area contributed by atoms with Gasteiger partial charge in [0.05, 0.1) is 6.61 Å². The van der Waals surface area contributed by atoms with E-state index in [9.17, 15) is 4.79 Å². The Morgan fingerprint density at radius 2 is 2.07 bits per heavy atom. The van der Waals surface area contributed by atoms with Crippen molar-refractivity contribution in [3.05, 3.63) is 0 Å². The van der Waals surface area contributed by atoms with Gasteiger partial charge in [0.1, 0.15) is 5.60 Å². The van der Waals surface area contributed by atoms with Gasteiger partial charge in [0, 0.05) is 13.5 Å². The average molecular weight is 216 g/mol. The van der Waals surface area contributed by atoms with Crippen LogP contribution in [0.2, 0.25) is 19.6 Å². The first-order valence-electron chi connectivity index (χ1n) is 5.12.